The molecule has 41 heavy (non-hydrogen) atoms. The lowest BCUT2D eigenvalue weighted by Crippen LogP contribution is -2.10. The molecule has 0 aliphatic rings. The zero-order valence-electron chi connectivity index (χ0n) is 28.4. The molecule has 0 saturated carbocycles. The molecular formula is C36H74O5. The standard InChI is InChI=1S/C18H36O.C15H30O2.C3H8O2/c1-2-3-4-5-6-7-8-9-10-11-12-13-14-15-16-17-18-19;1-4-5-6-7-8-9-10-11-12-13-15(16)17-14(2)3;1-3(5)2-4/h9-10,19H,2-8,11-18H2,1H3;14H,4-13H2,1-3H3;3-5H,2H2,1H3. The van der Waals surface area contributed by atoms with Crippen molar-refractivity contribution in [3.63, 3.8) is 0 Å². The van der Waals surface area contributed by atoms with E-state index in [4.69, 9.17) is 20.1 Å². The summed E-state index contributed by atoms with van der Waals surface area (Å²) in [6, 6.07) is 0. The van der Waals surface area contributed by atoms with Gasteiger partial charge in [-0.05, 0) is 59.3 Å². The Morgan fingerprint density at radius 1 is 0.585 bits per heavy atom. The monoisotopic (exact) mass is 587 g/mol. The first-order chi connectivity index (χ1) is 19.8. The number of allylic oxidation sites excluding steroid dienone is 2. The van der Waals surface area contributed by atoms with Crippen LogP contribution >= 0.6 is 0 Å². The van der Waals surface area contributed by atoms with Gasteiger partial charge in [-0.25, -0.2) is 0 Å². The van der Waals surface area contributed by atoms with Crippen molar-refractivity contribution in [1.29, 1.82) is 0 Å². The molecule has 0 aromatic carbocycles. The maximum absolute atomic E-state index is 11.2. The van der Waals surface area contributed by atoms with Gasteiger partial charge in [0.2, 0.25) is 0 Å². The van der Waals surface area contributed by atoms with Crippen molar-refractivity contribution in [2.75, 3.05) is 13.2 Å². The molecule has 0 radical (unpaired) electrons. The van der Waals surface area contributed by atoms with Crippen LogP contribution in [0.1, 0.15) is 189 Å². The number of aliphatic hydroxyl groups excluding tert-OH is 3. The van der Waals surface area contributed by atoms with E-state index in [0.29, 0.717) is 13.0 Å². The third-order valence-electron chi connectivity index (χ3n) is 6.79. The van der Waals surface area contributed by atoms with Crippen molar-refractivity contribution in [3.8, 4) is 0 Å². The second-order valence-corrected chi connectivity index (χ2v) is 11.8. The molecule has 0 amide bonds. The van der Waals surface area contributed by atoms with Gasteiger partial charge in [-0.2, -0.15) is 0 Å². The van der Waals surface area contributed by atoms with E-state index in [1.165, 1.54) is 142 Å². The number of carbonyl (C=O) groups is 1. The Morgan fingerprint density at radius 3 is 1.27 bits per heavy atom. The van der Waals surface area contributed by atoms with E-state index in [1.807, 2.05) is 13.8 Å². The molecule has 248 valence electrons. The fourth-order valence-electron chi connectivity index (χ4n) is 4.26. The number of hydrogen-bond donors (Lipinski definition) is 3. The molecule has 1 unspecified atom stereocenters. The third kappa shape index (κ3) is 52.2. The van der Waals surface area contributed by atoms with Crippen LogP contribution in [0.3, 0.4) is 0 Å². The van der Waals surface area contributed by atoms with Crippen LogP contribution in [-0.2, 0) is 9.53 Å². The van der Waals surface area contributed by atoms with Crippen LogP contribution in [0.5, 0.6) is 0 Å². The van der Waals surface area contributed by atoms with Gasteiger partial charge in [-0.1, -0.05) is 135 Å². The Kier molecular flexibility index (Phi) is 44.8. The Hall–Kier alpha value is -0.910. The highest BCUT2D eigenvalue weighted by atomic mass is 16.5. The van der Waals surface area contributed by atoms with Crippen LogP contribution in [0.2, 0.25) is 0 Å². The largest absolute Gasteiger partial charge is 0.463 e. The molecule has 3 N–H and O–H groups in total. The van der Waals surface area contributed by atoms with Crippen LogP contribution in [0.4, 0.5) is 0 Å². The van der Waals surface area contributed by atoms with Crippen molar-refractivity contribution < 1.29 is 24.9 Å². The molecule has 5 heteroatoms. The highest BCUT2D eigenvalue weighted by Crippen LogP contribution is 2.11. The number of unbranched alkanes of at least 4 members (excludes halogenated alkanes) is 20. The zero-order chi connectivity index (χ0) is 31.2. The second kappa shape index (κ2) is 41.2. The van der Waals surface area contributed by atoms with Crippen LogP contribution in [0.15, 0.2) is 12.2 Å². The van der Waals surface area contributed by atoms with E-state index in [9.17, 15) is 4.79 Å². The summed E-state index contributed by atoms with van der Waals surface area (Å²) in [6.45, 7) is 10.1. The summed E-state index contributed by atoms with van der Waals surface area (Å²) in [4.78, 5) is 11.2. The van der Waals surface area contributed by atoms with Crippen molar-refractivity contribution >= 4 is 5.97 Å². The van der Waals surface area contributed by atoms with Crippen LogP contribution in [-0.4, -0.2) is 46.7 Å². The smallest absolute Gasteiger partial charge is 0.306 e. The van der Waals surface area contributed by atoms with Crippen molar-refractivity contribution in [3.05, 3.63) is 12.2 Å². The number of hydrogen-bond acceptors (Lipinski definition) is 5. The van der Waals surface area contributed by atoms with Gasteiger partial charge in [0.15, 0.2) is 0 Å². The summed E-state index contributed by atoms with van der Waals surface area (Å²) >= 11 is 0. The van der Waals surface area contributed by atoms with E-state index in [-0.39, 0.29) is 18.7 Å². The van der Waals surface area contributed by atoms with Crippen LogP contribution < -0.4 is 0 Å². The van der Waals surface area contributed by atoms with Gasteiger partial charge in [0.25, 0.3) is 0 Å². The summed E-state index contributed by atoms with van der Waals surface area (Å²) in [5.74, 6) is -0.0389. The Morgan fingerprint density at radius 2 is 0.927 bits per heavy atom. The maximum atomic E-state index is 11.2. The molecule has 0 heterocycles. The predicted octanol–water partition coefficient (Wildman–Crippen LogP) is 10.2. The van der Waals surface area contributed by atoms with Crippen molar-refractivity contribution in [1.82, 2.24) is 0 Å². The minimum absolute atomic E-state index is 0.0288. The molecule has 0 aliphatic heterocycles. The Bertz CT molecular complexity index is 490. The molecule has 0 aliphatic carbocycles. The average molecular weight is 587 g/mol. The van der Waals surface area contributed by atoms with E-state index in [2.05, 4.69) is 26.0 Å². The fraction of sp³-hybridized carbons (Fsp3) is 0.917. The first kappa shape index (κ1) is 44.5. The van der Waals surface area contributed by atoms with Crippen LogP contribution in [0, 0.1) is 0 Å². The quantitative estimate of drug-likeness (QED) is 0.0506. The lowest BCUT2D eigenvalue weighted by molar-refractivity contribution is -0.147. The lowest BCUT2D eigenvalue weighted by atomic mass is 10.1. The molecule has 0 aromatic rings. The molecule has 0 spiro atoms. The summed E-state index contributed by atoms with van der Waals surface area (Å²) in [7, 11) is 0. The molecule has 0 rings (SSSR count). The van der Waals surface area contributed by atoms with E-state index < -0.39 is 6.10 Å². The Balaban J connectivity index is -0.000000606. The average Bonchev–Trinajstić information content (AvgIpc) is 2.94. The van der Waals surface area contributed by atoms with Crippen molar-refractivity contribution in [2.45, 2.75) is 201 Å². The molecule has 1 atom stereocenters. The summed E-state index contributed by atoms with van der Waals surface area (Å²) < 4.78 is 5.08. The Labute approximate surface area is 256 Å². The van der Waals surface area contributed by atoms with Crippen LogP contribution in [0.25, 0.3) is 0 Å². The van der Waals surface area contributed by atoms with Gasteiger partial charge >= 0.3 is 5.97 Å². The first-order valence-corrected chi connectivity index (χ1v) is 17.6. The molecule has 0 saturated heterocycles. The van der Waals surface area contributed by atoms with Gasteiger partial charge in [0.05, 0.1) is 18.8 Å². The van der Waals surface area contributed by atoms with E-state index >= 15 is 0 Å². The van der Waals surface area contributed by atoms with Gasteiger partial charge in [0.1, 0.15) is 0 Å². The predicted molar refractivity (Wildman–Crippen MR) is 178 cm³/mol. The van der Waals surface area contributed by atoms with E-state index in [0.717, 1.165) is 12.8 Å². The number of rotatable bonds is 27. The first-order valence-electron chi connectivity index (χ1n) is 17.6. The minimum atomic E-state index is -0.560. The zero-order valence-corrected chi connectivity index (χ0v) is 28.4. The number of carbonyl (C=O) groups excluding carboxylic acids is 1. The highest BCUT2D eigenvalue weighted by Gasteiger charge is 2.04. The molecule has 5 nitrogen and oxygen atoms in total. The molecule has 0 aromatic heterocycles. The normalized spacial score (nSPS) is 11.6. The highest BCUT2D eigenvalue weighted by molar-refractivity contribution is 5.69. The molecule has 0 bridgehead atoms. The molecule has 0 fully saturated rings. The number of aliphatic hydroxyl groups is 3. The topological polar surface area (TPSA) is 87.0 Å². The lowest BCUT2D eigenvalue weighted by Gasteiger charge is -2.07. The fourth-order valence-corrected chi connectivity index (χ4v) is 4.26. The molecular weight excluding hydrogens is 512 g/mol. The summed E-state index contributed by atoms with van der Waals surface area (Å²) in [6.07, 6.45) is 34.8. The van der Waals surface area contributed by atoms with Gasteiger partial charge < -0.3 is 20.1 Å². The van der Waals surface area contributed by atoms with Gasteiger partial charge in [-0.15, -0.1) is 0 Å². The maximum Gasteiger partial charge on any atom is 0.306 e. The SMILES string of the molecule is CC(O)CO.CCCCCCCCC=CCCCCCCCCO.CCCCCCCCCCCC(=O)OC(C)C. The third-order valence-corrected chi connectivity index (χ3v) is 6.79. The second-order valence-electron chi connectivity index (χ2n) is 11.8. The van der Waals surface area contributed by atoms with E-state index in [1.54, 1.807) is 0 Å². The minimum Gasteiger partial charge on any atom is -0.463 e. The van der Waals surface area contributed by atoms with Gasteiger partial charge in [-0.3, -0.25) is 4.79 Å². The number of ether oxygens (including phenoxy) is 1. The summed E-state index contributed by atoms with van der Waals surface area (Å²) in [5, 5.41) is 24.7. The number of esters is 1. The van der Waals surface area contributed by atoms with Gasteiger partial charge in [0, 0.05) is 13.0 Å². The summed E-state index contributed by atoms with van der Waals surface area (Å²) in [5.41, 5.74) is 0. The van der Waals surface area contributed by atoms with Crippen molar-refractivity contribution in [2.24, 2.45) is 0 Å².